The Morgan fingerprint density at radius 1 is 1.24 bits per heavy atom. The summed E-state index contributed by atoms with van der Waals surface area (Å²) in [5, 5.41) is 0. The smallest absolute Gasteiger partial charge is 0.279 e. The minimum Gasteiger partial charge on any atom is -0.301 e. The number of hydrogen-bond acceptors (Lipinski definition) is 2. The molecule has 0 saturated heterocycles. The van der Waals surface area contributed by atoms with Gasteiger partial charge >= 0.3 is 0 Å². The Morgan fingerprint density at radius 2 is 1.88 bits per heavy atom. The minimum absolute atomic E-state index is 0.283. The molecule has 0 heterocycles. The van der Waals surface area contributed by atoms with Crippen LogP contribution in [0.5, 0.6) is 0 Å². The highest BCUT2D eigenvalue weighted by atomic mass is 19.3. The fraction of sp³-hybridized carbons (Fsp3) is 0.167. The molecule has 0 radical (unpaired) electrons. The van der Waals surface area contributed by atoms with E-state index in [9.17, 15) is 13.2 Å². The van der Waals surface area contributed by atoms with Crippen LogP contribution in [0.25, 0.3) is 5.70 Å². The molecule has 17 heavy (non-hydrogen) atoms. The fourth-order valence-corrected chi connectivity index (χ4v) is 1.06. The lowest BCUT2D eigenvalue weighted by Crippen LogP contribution is -2.31. The van der Waals surface area contributed by atoms with Gasteiger partial charge in [-0.3, -0.25) is 5.43 Å². The van der Waals surface area contributed by atoms with Crippen LogP contribution >= 0.6 is 0 Å². The third kappa shape index (κ3) is 3.55. The zero-order valence-corrected chi connectivity index (χ0v) is 9.36. The predicted molar refractivity (Wildman–Crippen MR) is 61.6 cm³/mol. The molecule has 0 aliphatic heterocycles. The summed E-state index contributed by atoms with van der Waals surface area (Å²) in [5.41, 5.74) is 5.42. The highest BCUT2D eigenvalue weighted by Gasteiger charge is 2.08. The molecule has 5 heteroatoms. The van der Waals surface area contributed by atoms with Crippen LogP contribution in [-0.4, -0.2) is 6.43 Å². The molecule has 0 unspecified atom stereocenters. The normalized spacial score (nSPS) is 10.2. The van der Waals surface area contributed by atoms with E-state index in [1.807, 2.05) is 0 Å². The summed E-state index contributed by atoms with van der Waals surface area (Å²) in [6.45, 7) is 8.34. The molecule has 0 saturated carbocycles. The van der Waals surface area contributed by atoms with Crippen molar-refractivity contribution in [2.45, 2.75) is 13.3 Å². The molecule has 0 spiro atoms. The third-order valence-electron chi connectivity index (χ3n) is 2.16. The molecule has 1 aromatic carbocycles. The summed E-state index contributed by atoms with van der Waals surface area (Å²) < 4.78 is 37.5. The van der Waals surface area contributed by atoms with E-state index >= 15 is 0 Å². The molecule has 1 rings (SSSR count). The van der Waals surface area contributed by atoms with E-state index in [1.165, 1.54) is 6.07 Å². The first kappa shape index (κ1) is 13.2. The van der Waals surface area contributed by atoms with Gasteiger partial charge in [-0.15, -0.1) is 0 Å². The number of hydrazine groups is 1. The van der Waals surface area contributed by atoms with Crippen LogP contribution in [-0.2, 0) is 0 Å². The topological polar surface area (TPSA) is 24.1 Å². The van der Waals surface area contributed by atoms with E-state index in [2.05, 4.69) is 24.0 Å². The van der Waals surface area contributed by atoms with E-state index in [4.69, 9.17) is 0 Å². The summed E-state index contributed by atoms with van der Waals surface area (Å²) in [7, 11) is 0. The number of benzene rings is 1. The zero-order chi connectivity index (χ0) is 13.0. The second-order valence-electron chi connectivity index (χ2n) is 3.52. The first-order valence-corrected chi connectivity index (χ1v) is 4.86. The number of rotatable bonds is 5. The second kappa shape index (κ2) is 5.43. The van der Waals surface area contributed by atoms with Gasteiger partial charge in [0.1, 0.15) is 5.82 Å². The summed E-state index contributed by atoms with van der Waals surface area (Å²) >= 11 is 0. The average molecular weight is 242 g/mol. The monoisotopic (exact) mass is 242 g/mol. The maximum atomic E-state index is 13.2. The second-order valence-corrected chi connectivity index (χ2v) is 3.52. The van der Waals surface area contributed by atoms with Crippen LogP contribution in [0.1, 0.15) is 11.1 Å². The van der Waals surface area contributed by atoms with Gasteiger partial charge in [0.15, 0.2) is 0 Å². The molecular formula is C12H13F3N2. The van der Waals surface area contributed by atoms with Gasteiger partial charge in [-0.1, -0.05) is 25.3 Å². The van der Waals surface area contributed by atoms with Crippen molar-refractivity contribution in [2.75, 3.05) is 0 Å². The molecule has 2 nitrogen and oxygen atoms in total. The van der Waals surface area contributed by atoms with Crippen molar-refractivity contribution in [2.24, 2.45) is 0 Å². The first-order chi connectivity index (χ1) is 7.91. The molecule has 92 valence electrons. The van der Waals surface area contributed by atoms with Crippen molar-refractivity contribution < 1.29 is 13.2 Å². The van der Waals surface area contributed by atoms with Crippen LogP contribution in [0.2, 0.25) is 0 Å². The van der Waals surface area contributed by atoms with Gasteiger partial charge < -0.3 is 5.43 Å². The van der Waals surface area contributed by atoms with Crippen molar-refractivity contribution >= 4 is 5.70 Å². The van der Waals surface area contributed by atoms with Crippen molar-refractivity contribution in [3.63, 3.8) is 0 Å². The lowest BCUT2D eigenvalue weighted by molar-refractivity contribution is 0.179. The maximum absolute atomic E-state index is 13.2. The van der Waals surface area contributed by atoms with Crippen molar-refractivity contribution in [1.29, 1.82) is 0 Å². The Bertz CT molecular complexity index is 441. The molecule has 0 aromatic heterocycles. The van der Waals surface area contributed by atoms with Gasteiger partial charge in [0.2, 0.25) is 0 Å². The van der Waals surface area contributed by atoms with E-state index in [0.717, 1.165) is 0 Å². The summed E-state index contributed by atoms with van der Waals surface area (Å²) in [5.74, 6) is -0.377. The lowest BCUT2D eigenvalue weighted by atomic mass is 10.1. The highest BCUT2D eigenvalue weighted by molar-refractivity contribution is 5.61. The molecule has 0 fully saturated rings. The number of hydrogen-bond donors (Lipinski definition) is 2. The SMILES string of the molecule is C=C(NNC(=C)C(F)F)c1ccc(C)c(F)c1. The van der Waals surface area contributed by atoms with Gasteiger partial charge in [-0.05, 0) is 18.6 Å². The van der Waals surface area contributed by atoms with Crippen LogP contribution in [0.4, 0.5) is 13.2 Å². The molecular weight excluding hydrogens is 229 g/mol. The predicted octanol–water partition coefficient (Wildman–Crippen LogP) is 2.98. The van der Waals surface area contributed by atoms with Gasteiger partial charge in [0.25, 0.3) is 6.43 Å². The first-order valence-electron chi connectivity index (χ1n) is 4.86. The molecule has 0 amide bonds. The maximum Gasteiger partial charge on any atom is 0.279 e. The number of nitrogens with one attached hydrogen (secondary N) is 2. The van der Waals surface area contributed by atoms with Crippen molar-refractivity contribution in [1.82, 2.24) is 10.9 Å². The van der Waals surface area contributed by atoms with E-state index in [-0.39, 0.29) is 11.5 Å². The Balaban J connectivity index is 2.64. The average Bonchev–Trinajstić information content (AvgIpc) is 2.28. The van der Waals surface area contributed by atoms with E-state index in [1.54, 1.807) is 19.1 Å². The van der Waals surface area contributed by atoms with Crippen LogP contribution in [0, 0.1) is 12.7 Å². The van der Waals surface area contributed by atoms with Gasteiger partial charge in [0, 0.05) is 5.56 Å². The molecule has 0 bridgehead atoms. The van der Waals surface area contributed by atoms with Gasteiger partial charge in [-0.2, -0.15) is 0 Å². The van der Waals surface area contributed by atoms with Crippen LogP contribution < -0.4 is 10.9 Å². The third-order valence-corrected chi connectivity index (χ3v) is 2.16. The van der Waals surface area contributed by atoms with E-state index < -0.39 is 12.1 Å². The molecule has 0 aliphatic carbocycles. The summed E-state index contributed by atoms with van der Waals surface area (Å²) in [6, 6.07) is 4.50. The van der Waals surface area contributed by atoms with Gasteiger partial charge in [0.05, 0.1) is 11.4 Å². The largest absolute Gasteiger partial charge is 0.301 e. The Hall–Kier alpha value is -1.91. The summed E-state index contributed by atoms with van der Waals surface area (Å²) in [4.78, 5) is 0. The number of allylic oxidation sites excluding steroid dienone is 1. The van der Waals surface area contributed by atoms with Crippen LogP contribution in [0.15, 0.2) is 37.1 Å². The Kier molecular flexibility index (Phi) is 4.20. The minimum atomic E-state index is -2.68. The fourth-order valence-electron chi connectivity index (χ4n) is 1.06. The summed E-state index contributed by atoms with van der Waals surface area (Å²) in [6.07, 6.45) is -2.68. The highest BCUT2D eigenvalue weighted by Crippen LogP contribution is 2.14. The number of aryl methyl sites for hydroxylation is 1. The molecule has 0 atom stereocenters. The molecule has 2 N–H and O–H groups in total. The lowest BCUT2D eigenvalue weighted by Gasteiger charge is -2.13. The van der Waals surface area contributed by atoms with Crippen molar-refractivity contribution in [3.05, 3.63) is 54.0 Å². The van der Waals surface area contributed by atoms with Gasteiger partial charge in [-0.25, -0.2) is 13.2 Å². The number of halogens is 3. The molecule has 0 aliphatic rings. The quantitative estimate of drug-likeness (QED) is 0.776. The Morgan fingerprint density at radius 3 is 2.41 bits per heavy atom. The number of alkyl halides is 2. The van der Waals surface area contributed by atoms with Crippen molar-refractivity contribution in [3.8, 4) is 0 Å². The standard InChI is InChI=1S/C12H13F3N2/c1-7-4-5-10(6-11(7)13)8(2)16-17-9(3)12(14)15/h4-6,12,16-17H,2-3H2,1H3. The zero-order valence-electron chi connectivity index (χ0n) is 9.36. The van der Waals surface area contributed by atoms with Crippen LogP contribution in [0.3, 0.4) is 0 Å². The Labute approximate surface area is 97.8 Å². The molecule has 1 aromatic rings. The van der Waals surface area contributed by atoms with E-state index in [0.29, 0.717) is 11.1 Å².